The molecule has 7 nitrogen and oxygen atoms in total. The largest absolute Gasteiger partial charge is 0.481 e. The van der Waals surface area contributed by atoms with E-state index in [9.17, 15) is 19.5 Å². The highest BCUT2D eigenvalue weighted by molar-refractivity contribution is 6.66. The molecule has 0 aromatic heterocycles. The summed E-state index contributed by atoms with van der Waals surface area (Å²) in [5.41, 5.74) is 5.72. The highest BCUT2D eigenvalue weighted by Crippen LogP contribution is 2.76. The first-order valence-electron chi connectivity index (χ1n) is 10.4. The van der Waals surface area contributed by atoms with Gasteiger partial charge < -0.3 is 9.84 Å². The van der Waals surface area contributed by atoms with Gasteiger partial charge in [-0.05, 0) is 12.1 Å². The minimum atomic E-state index is -2.26. The molecule has 2 amide bonds. The molecule has 0 spiro atoms. The number of carboxylic acids is 1. The molecule has 36 heavy (non-hydrogen) atoms. The number of hydrogen-bond donors (Lipinski definition) is 3. The summed E-state index contributed by atoms with van der Waals surface area (Å²) < 4.78 is 3.62. The van der Waals surface area contributed by atoms with Crippen LogP contribution in [0.25, 0.3) is 0 Å². The third kappa shape index (κ3) is 3.17. The molecule has 0 saturated heterocycles. The van der Waals surface area contributed by atoms with Crippen LogP contribution in [0.5, 0.6) is 11.5 Å². The molecule has 1 fully saturated rings. The molecule has 2 aliphatic carbocycles. The van der Waals surface area contributed by atoms with Crippen LogP contribution in [0, 0.1) is 11.8 Å². The third-order valence-electron chi connectivity index (χ3n) is 6.74. The van der Waals surface area contributed by atoms with Gasteiger partial charge in [-0.3, -0.25) is 25.2 Å². The van der Waals surface area contributed by atoms with Gasteiger partial charge in [0, 0.05) is 11.1 Å². The lowest BCUT2D eigenvalue weighted by molar-refractivity contribution is -0.147. The van der Waals surface area contributed by atoms with Gasteiger partial charge in [-0.1, -0.05) is 82.8 Å². The molecule has 2 aromatic rings. The van der Waals surface area contributed by atoms with E-state index < -0.39 is 49.6 Å². The van der Waals surface area contributed by atoms with Crippen molar-refractivity contribution in [1.29, 1.82) is 0 Å². The zero-order valence-corrected chi connectivity index (χ0v) is 22.2. The van der Waals surface area contributed by atoms with Crippen molar-refractivity contribution < 1.29 is 24.2 Å². The van der Waals surface area contributed by atoms with Crippen molar-refractivity contribution >= 4 is 87.4 Å². The van der Waals surface area contributed by atoms with Crippen LogP contribution in [0.15, 0.2) is 58.6 Å². The maximum Gasteiger partial charge on any atom is 0.309 e. The lowest BCUT2D eigenvalue weighted by atomic mass is 9.81. The highest BCUT2D eigenvalue weighted by Gasteiger charge is 2.85. The lowest BCUT2D eigenvalue weighted by Gasteiger charge is -2.33. The number of aliphatic carboxylic acids is 1. The van der Waals surface area contributed by atoms with Crippen molar-refractivity contribution in [3.8, 4) is 11.5 Å². The van der Waals surface area contributed by atoms with Crippen LogP contribution in [0.4, 0.5) is 0 Å². The van der Waals surface area contributed by atoms with Gasteiger partial charge in [-0.25, -0.2) is 0 Å². The second kappa shape index (κ2) is 8.58. The third-order valence-corrected chi connectivity index (χ3v) is 11.0. The summed E-state index contributed by atoms with van der Waals surface area (Å²) in [6.45, 7) is 0. The molecule has 3 N–H and O–H groups in total. The number of carbonyl (C=O) groups excluding carboxylic acids is 2. The number of amides is 2. The van der Waals surface area contributed by atoms with E-state index >= 15 is 0 Å². The summed E-state index contributed by atoms with van der Waals surface area (Å²) in [7, 11) is 0. The van der Waals surface area contributed by atoms with E-state index in [1.165, 1.54) is 0 Å². The standard InChI is InChI=1S/C23H14Cl6N2O5/c24-16-17(25)22(27)15(20(34)35)14(21(16,26)23(22,28)29)19(33)31-30-18(32)13-9-5-1-3-7-11(9)36-12-8-4-2-6-10(12)13/h1-8,13-15H,(H,30,32)(H,31,33)(H,34,35)/t14-,15-,21+,22+/m0/s1. The number of nitrogens with one attached hydrogen (secondary N) is 2. The lowest BCUT2D eigenvalue weighted by Crippen LogP contribution is -2.54. The Morgan fingerprint density at radius 2 is 1.19 bits per heavy atom. The zero-order valence-electron chi connectivity index (χ0n) is 17.7. The number of benzene rings is 2. The Labute approximate surface area is 234 Å². The Kier molecular flexibility index (Phi) is 6.14. The number of carboxylic acid groups (broad SMARTS) is 1. The van der Waals surface area contributed by atoms with Crippen molar-refractivity contribution in [1.82, 2.24) is 10.9 Å². The number of allylic oxidation sites excluding steroid dienone is 2. The minimum Gasteiger partial charge on any atom is -0.481 e. The number of para-hydroxylation sites is 2. The molecule has 188 valence electrons. The minimum absolute atomic E-state index is 0.345. The van der Waals surface area contributed by atoms with Crippen LogP contribution in [0.3, 0.4) is 0 Å². The van der Waals surface area contributed by atoms with Gasteiger partial charge in [0.25, 0.3) is 5.91 Å². The van der Waals surface area contributed by atoms with E-state index in [1.807, 2.05) is 0 Å². The molecular weight excluding hydrogens is 597 g/mol. The molecule has 1 aliphatic heterocycles. The average Bonchev–Trinajstić information content (AvgIpc) is 3.06. The summed E-state index contributed by atoms with van der Waals surface area (Å²) in [6.07, 6.45) is 0. The Hall–Kier alpha value is -1.87. The number of ether oxygens (including phenoxy) is 1. The number of rotatable bonds is 3. The molecular formula is C23H14Cl6N2O5. The number of alkyl halides is 4. The normalized spacial score (nSPS) is 29.7. The topological polar surface area (TPSA) is 105 Å². The van der Waals surface area contributed by atoms with Crippen LogP contribution in [-0.2, 0) is 14.4 Å². The molecule has 1 saturated carbocycles. The van der Waals surface area contributed by atoms with Gasteiger partial charge in [0.2, 0.25) is 5.91 Å². The second-order valence-corrected chi connectivity index (χ2v) is 11.8. The van der Waals surface area contributed by atoms with E-state index in [-0.39, 0.29) is 10.1 Å². The van der Waals surface area contributed by atoms with E-state index in [4.69, 9.17) is 74.3 Å². The van der Waals surface area contributed by atoms with E-state index in [0.717, 1.165) is 0 Å². The van der Waals surface area contributed by atoms with Crippen LogP contribution >= 0.6 is 69.6 Å². The summed E-state index contributed by atoms with van der Waals surface area (Å²) in [6, 6.07) is 13.9. The SMILES string of the molecule is O=C(NNC(=O)[C@@H]1[C@@H](C(=O)O)[C@@]2(Cl)C(Cl)=C(Cl)[C@@]1(Cl)C2(Cl)Cl)C1c2ccccc2Oc2ccccc21. The fourth-order valence-corrected chi connectivity index (χ4v) is 8.03. The second-order valence-electron chi connectivity index (χ2n) is 8.51. The van der Waals surface area contributed by atoms with Crippen LogP contribution in [0.1, 0.15) is 17.0 Å². The van der Waals surface area contributed by atoms with Crippen molar-refractivity contribution in [2.24, 2.45) is 11.8 Å². The van der Waals surface area contributed by atoms with Crippen molar-refractivity contribution in [3.63, 3.8) is 0 Å². The maximum atomic E-state index is 13.3. The Bertz CT molecular complexity index is 1320. The predicted molar refractivity (Wildman–Crippen MR) is 136 cm³/mol. The van der Waals surface area contributed by atoms with E-state index in [0.29, 0.717) is 22.6 Å². The molecule has 2 bridgehead atoms. The number of hydrogen-bond acceptors (Lipinski definition) is 4. The smallest absolute Gasteiger partial charge is 0.309 e. The summed E-state index contributed by atoms with van der Waals surface area (Å²) in [5, 5.41) is 9.20. The first-order chi connectivity index (χ1) is 16.9. The van der Waals surface area contributed by atoms with Gasteiger partial charge in [-0.15, -0.1) is 23.2 Å². The molecule has 0 radical (unpaired) electrons. The average molecular weight is 611 g/mol. The van der Waals surface area contributed by atoms with Crippen LogP contribution in [0.2, 0.25) is 0 Å². The molecule has 2 aromatic carbocycles. The monoisotopic (exact) mass is 608 g/mol. The molecule has 13 heteroatoms. The van der Waals surface area contributed by atoms with Gasteiger partial charge in [0.05, 0.1) is 27.8 Å². The zero-order chi connectivity index (χ0) is 26.2. The Morgan fingerprint density at radius 1 is 0.750 bits per heavy atom. The van der Waals surface area contributed by atoms with Gasteiger partial charge in [-0.2, -0.15) is 0 Å². The summed E-state index contributed by atoms with van der Waals surface area (Å²) in [5.74, 6) is -6.50. The first kappa shape index (κ1) is 25.8. The van der Waals surface area contributed by atoms with Crippen molar-refractivity contribution in [2.45, 2.75) is 20.0 Å². The number of hydrazine groups is 1. The van der Waals surface area contributed by atoms with Crippen molar-refractivity contribution in [2.75, 3.05) is 0 Å². The van der Waals surface area contributed by atoms with Crippen LogP contribution < -0.4 is 15.6 Å². The van der Waals surface area contributed by atoms with E-state index in [1.54, 1.807) is 48.5 Å². The number of halogens is 6. The Balaban J connectivity index is 1.45. The molecule has 3 aliphatic rings. The fourth-order valence-electron chi connectivity index (χ4n) is 5.09. The predicted octanol–water partition coefficient (Wildman–Crippen LogP) is 5.23. The van der Waals surface area contributed by atoms with Gasteiger partial charge in [0.1, 0.15) is 21.2 Å². The first-order valence-corrected chi connectivity index (χ1v) is 12.7. The Morgan fingerprint density at radius 3 is 1.69 bits per heavy atom. The number of carbonyl (C=O) groups is 3. The van der Waals surface area contributed by atoms with Gasteiger partial charge in [0.15, 0.2) is 4.33 Å². The molecule has 4 atom stereocenters. The summed E-state index contributed by atoms with van der Waals surface area (Å²) in [4.78, 5) is 34.5. The number of fused-ring (bicyclic) bond motifs is 4. The van der Waals surface area contributed by atoms with E-state index in [2.05, 4.69) is 10.9 Å². The fraction of sp³-hybridized carbons (Fsp3) is 0.261. The van der Waals surface area contributed by atoms with Crippen LogP contribution in [-0.4, -0.2) is 37.0 Å². The summed E-state index contributed by atoms with van der Waals surface area (Å²) >= 11 is 38.5. The molecule has 1 heterocycles. The highest BCUT2D eigenvalue weighted by atomic mass is 35.5. The molecule has 0 unspecified atom stereocenters. The maximum absolute atomic E-state index is 13.3. The quantitative estimate of drug-likeness (QED) is 0.326. The van der Waals surface area contributed by atoms with Gasteiger partial charge >= 0.3 is 5.97 Å². The molecule has 5 rings (SSSR count). The van der Waals surface area contributed by atoms with Crippen molar-refractivity contribution in [3.05, 3.63) is 69.7 Å².